The normalized spacial score (nSPS) is 11.9. The number of aromatic nitrogens is 2. The van der Waals surface area contributed by atoms with Crippen LogP contribution in [0.5, 0.6) is 0 Å². The van der Waals surface area contributed by atoms with Gasteiger partial charge in [0.05, 0.1) is 11.8 Å². The van der Waals surface area contributed by atoms with Crippen LogP contribution in [0.25, 0.3) is 0 Å². The highest BCUT2D eigenvalue weighted by Crippen LogP contribution is 2.36. The molecular weight excluding hydrogens is 307 g/mol. The molecule has 0 saturated heterocycles. The van der Waals surface area contributed by atoms with Crippen molar-refractivity contribution in [2.24, 2.45) is 0 Å². The van der Waals surface area contributed by atoms with Crippen LogP contribution in [-0.2, 0) is 0 Å². The van der Waals surface area contributed by atoms with E-state index in [4.69, 9.17) is 40.5 Å². The highest BCUT2D eigenvalue weighted by molar-refractivity contribution is 6.36. The third kappa shape index (κ3) is 2.90. The van der Waals surface area contributed by atoms with Gasteiger partial charge in [-0.25, -0.2) is 0 Å². The molecule has 0 aliphatic carbocycles. The standard InChI is InChI=1S/C12H7Cl3N4/c13-8-3-6(17)4-9(14)12(8)7(5-16)10-1-2-11(15)19-18-10/h1-4,7H,17H2. The van der Waals surface area contributed by atoms with Gasteiger partial charge in [-0.15, -0.1) is 5.10 Å². The van der Waals surface area contributed by atoms with E-state index in [1.165, 1.54) is 12.1 Å². The van der Waals surface area contributed by atoms with E-state index in [-0.39, 0.29) is 5.15 Å². The highest BCUT2D eigenvalue weighted by Gasteiger charge is 2.22. The van der Waals surface area contributed by atoms with Crippen molar-refractivity contribution in [3.05, 3.63) is 50.7 Å². The average molecular weight is 314 g/mol. The first-order valence-electron chi connectivity index (χ1n) is 5.16. The van der Waals surface area contributed by atoms with Crippen LogP contribution in [0.3, 0.4) is 0 Å². The molecule has 0 amide bonds. The summed E-state index contributed by atoms with van der Waals surface area (Å²) in [7, 11) is 0. The lowest BCUT2D eigenvalue weighted by molar-refractivity contribution is 0.885. The molecule has 0 aliphatic heterocycles. The van der Waals surface area contributed by atoms with Gasteiger partial charge in [0.25, 0.3) is 0 Å². The molecule has 0 spiro atoms. The molecule has 2 rings (SSSR count). The minimum absolute atomic E-state index is 0.245. The summed E-state index contributed by atoms with van der Waals surface area (Å²) in [5.74, 6) is -0.731. The molecule has 0 fully saturated rings. The molecule has 1 aromatic heterocycles. The van der Waals surface area contributed by atoms with Crippen molar-refractivity contribution in [1.29, 1.82) is 5.26 Å². The summed E-state index contributed by atoms with van der Waals surface area (Å²) in [4.78, 5) is 0. The van der Waals surface area contributed by atoms with Gasteiger partial charge < -0.3 is 5.73 Å². The van der Waals surface area contributed by atoms with Crippen molar-refractivity contribution in [1.82, 2.24) is 10.2 Å². The van der Waals surface area contributed by atoms with Gasteiger partial charge in [0.15, 0.2) is 5.15 Å². The fourth-order valence-corrected chi connectivity index (χ4v) is 2.46. The Kier molecular flexibility index (Phi) is 4.11. The maximum Gasteiger partial charge on any atom is 0.151 e. The minimum Gasteiger partial charge on any atom is -0.399 e. The first-order valence-corrected chi connectivity index (χ1v) is 6.29. The number of halogens is 3. The van der Waals surface area contributed by atoms with Crippen LogP contribution in [0.4, 0.5) is 5.69 Å². The Hall–Kier alpha value is -1.54. The van der Waals surface area contributed by atoms with E-state index in [1.54, 1.807) is 12.1 Å². The number of nitrogens with two attached hydrogens (primary N) is 1. The van der Waals surface area contributed by atoms with Gasteiger partial charge in [0, 0.05) is 21.3 Å². The minimum atomic E-state index is -0.731. The van der Waals surface area contributed by atoms with Crippen molar-refractivity contribution in [3.63, 3.8) is 0 Å². The molecule has 0 radical (unpaired) electrons. The van der Waals surface area contributed by atoms with Crippen LogP contribution in [-0.4, -0.2) is 10.2 Å². The van der Waals surface area contributed by atoms with Gasteiger partial charge in [0.2, 0.25) is 0 Å². The van der Waals surface area contributed by atoms with Gasteiger partial charge in [-0.2, -0.15) is 10.4 Å². The van der Waals surface area contributed by atoms with Crippen molar-refractivity contribution in [2.75, 3.05) is 5.73 Å². The maximum atomic E-state index is 9.32. The monoisotopic (exact) mass is 312 g/mol. The van der Waals surface area contributed by atoms with E-state index < -0.39 is 5.92 Å². The molecule has 1 unspecified atom stereocenters. The van der Waals surface area contributed by atoms with Crippen LogP contribution in [0.2, 0.25) is 15.2 Å². The SMILES string of the molecule is N#CC(c1ccc(Cl)nn1)c1c(Cl)cc(N)cc1Cl. The summed E-state index contributed by atoms with van der Waals surface area (Å²) in [5.41, 5.74) is 6.93. The Balaban J connectivity index is 2.55. The van der Waals surface area contributed by atoms with Gasteiger partial charge in [0.1, 0.15) is 5.92 Å². The second-order valence-electron chi connectivity index (χ2n) is 3.74. The van der Waals surface area contributed by atoms with E-state index in [0.29, 0.717) is 27.0 Å². The van der Waals surface area contributed by atoms with E-state index in [1.807, 2.05) is 0 Å². The summed E-state index contributed by atoms with van der Waals surface area (Å²) in [6, 6.07) is 8.33. The number of nitrogen functional groups attached to an aromatic ring is 1. The second kappa shape index (κ2) is 5.62. The van der Waals surface area contributed by atoms with Crippen LogP contribution >= 0.6 is 34.8 Å². The topological polar surface area (TPSA) is 75.6 Å². The zero-order valence-corrected chi connectivity index (χ0v) is 11.7. The van der Waals surface area contributed by atoms with E-state index >= 15 is 0 Å². The fourth-order valence-electron chi connectivity index (χ4n) is 1.64. The number of anilines is 1. The Labute approximate surface area is 124 Å². The summed E-state index contributed by atoms with van der Waals surface area (Å²) in [5, 5.41) is 17.8. The predicted octanol–water partition coefficient (Wildman–Crippen LogP) is 3.67. The first-order chi connectivity index (χ1) is 9.02. The number of nitriles is 1. The van der Waals surface area contributed by atoms with Crippen LogP contribution in [0.1, 0.15) is 17.2 Å². The molecule has 0 bridgehead atoms. The number of hydrogen-bond acceptors (Lipinski definition) is 4. The third-order valence-corrected chi connectivity index (χ3v) is 3.29. The lowest BCUT2D eigenvalue weighted by atomic mass is 9.96. The van der Waals surface area contributed by atoms with Crippen molar-refractivity contribution >= 4 is 40.5 Å². The quantitative estimate of drug-likeness (QED) is 0.858. The Bertz CT molecular complexity index is 626. The molecule has 2 aromatic rings. The summed E-state index contributed by atoms with van der Waals surface area (Å²) in [6.45, 7) is 0. The number of rotatable bonds is 2. The molecular formula is C12H7Cl3N4. The first kappa shape index (κ1) is 13.9. The highest BCUT2D eigenvalue weighted by atomic mass is 35.5. The molecule has 0 saturated carbocycles. The summed E-state index contributed by atoms with van der Waals surface area (Å²) < 4.78 is 0. The molecule has 1 heterocycles. The van der Waals surface area contributed by atoms with Gasteiger partial charge in [-0.3, -0.25) is 0 Å². The molecule has 7 heteroatoms. The molecule has 1 aromatic carbocycles. The summed E-state index contributed by atoms with van der Waals surface area (Å²) in [6.07, 6.45) is 0. The maximum absolute atomic E-state index is 9.32. The molecule has 0 aliphatic rings. The van der Waals surface area contributed by atoms with Gasteiger partial charge in [-0.1, -0.05) is 34.8 Å². The van der Waals surface area contributed by atoms with E-state index in [9.17, 15) is 5.26 Å². The number of hydrogen-bond donors (Lipinski definition) is 1. The van der Waals surface area contributed by atoms with Crippen LogP contribution in [0.15, 0.2) is 24.3 Å². The van der Waals surface area contributed by atoms with Gasteiger partial charge in [-0.05, 0) is 24.3 Å². The lowest BCUT2D eigenvalue weighted by Crippen LogP contribution is -2.04. The zero-order chi connectivity index (χ0) is 14.0. The van der Waals surface area contributed by atoms with E-state index in [0.717, 1.165) is 0 Å². The van der Waals surface area contributed by atoms with Crippen molar-refractivity contribution in [2.45, 2.75) is 5.92 Å². The largest absolute Gasteiger partial charge is 0.399 e. The van der Waals surface area contributed by atoms with Crippen LogP contribution < -0.4 is 5.73 Å². The van der Waals surface area contributed by atoms with Gasteiger partial charge >= 0.3 is 0 Å². The molecule has 4 nitrogen and oxygen atoms in total. The zero-order valence-electron chi connectivity index (χ0n) is 9.44. The Morgan fingerprint density at radius 3 is 2.21 bits per heavy atom. The van der Waals surface area contributed by atoms with E-state index in [2.05, 4.69) is 16.3 Å². The third-order valence-electron chi connectivity index (χ3n) is 2.47. The number of nitrogens with zero attached hydrogens (tertiary/aromatic N) is 3. The molecule has 2 N–H and O–H groups in total. The van der Waals surface area contributed by atoms with Crippen molar-refractivity contribution in [3.8, 4) is 6.07 Å². The number of benzene rings is 1. The lowest BCUT2D eigenvalue weighted by Gasteiger charge is -2.13. The van der Waals surface area contributed by atoms with Crippen molar-refractivity contribution < 1.29 is 0 Å². The van der Waals surface area contributed by atoms with Crippen LogP contribution in [0, 0.1) is 11.3 Å². The Morgan fingerprint density at radius 2 is 1.74 bits per heavy atom. The second-order valence-corrected chi connectivity index (χ2v) is 4.94. The molecule has 19 heavy (non-hydrogen) atoms. The molecule has 96 valence electrons. The summed E-state index contributed by atoms with van der Waals surface area (Å²) >= 11 is 17.9. The molecule has 1 atom stereocenters. The predicted molar refractivity (Wildman–Crippen MR) is 75.4 cm³/mol. The average Bonchev–Trinajstić information content (AvgIpc) is 2.35. The smallest absolute Gasteiger partial charge is 0.151 e. The Morgan fingerprint density at radius 1 is 1.11 bits per heavy atom. The fraction of sp³-hybridized carbons (Fsp3) is 0.0833.